The Kier molecular flexibility index (Phi) is 8.41. The first-order chi connectivity index (χ1) is 15.5. The molecule has 0 spiro atoms. The molecular weight excluding hydrogens is 418 g/mol. The Morgan fingerprint density at radius 2 is 1.88 bits per heavy atom. The van der Waals surface area contributed by atoms with E-state index in [0.29, 0.717) is 24.6 Å². The second-order valence-corrected chi connectivity index (χ2v) is 7.73. The molecule has 0 bridgehead atoms. The number of likely N-dealkylation sites (tertiary alicyclic amines) is 1. The zero-order valence-electron chi connectivity index (χ0n) is 18.2. The van der Waals surface area contributed by atoms with Crippen LogP contribution in [0, 0.1) is 5.92 Å². The summed E-state index contributed by atoms with van der Waals surface area (Å²) < 4.78 is 34.3. The van der Waals surface area contributed by atoms with Crippen LogP contribution in [0.2, 0.25) is 0 Å². The highest BCUT2D eigenvalue weighted by Gasteiger charge is 2.27. The molecule has 8 heteroatoms. The summed E-state index contributed by atoms with van der Waals surface area (Å²) in [7, 11) is 1.36. The number of hydrogen-bond acceptors (Lipinski definition) is 5. The molecule has 1 aliphatic heterocycles. The minimum atomic E-state index is -2.94. The summed E-state index contributed by atoms with van der Waals surface area (Å²) in [6.07, 6.45) is 3.63. The van der Waals surface area contributed by atoms with Crippen molar-refractivity contribution in [3.63, 3.8) is 0 Å². The molecule has 0 aliphatic carbocycles. The smallest absolute Gasteiger partial charge is 0.387 e. The largest absolute Gasteiger partial charge is 0.493 e. The molecule has 0 saturated carbocycles. The highest BCUT2D eigenvalue weighted by Crippen LogP contribution is 2.29. The molecule has 2 aromatic rings. The van der Waals surface area contributed by atoms with E-state index in [1.54, 1.807) is 6.92 Å². The lowest BCUT2D eigenvalue weighted by molar-refractivity contribution is -0.144. The number of carbonyl (C=O) groups excluding carboxylic acids is 1. The van der Waals surface area contributed by atoms with Crippen molar-refractivity contribution in [3.05, 3.63) is 59.7 Å². The fourth-order valence-electron chi connectivity index (χ4n) is 3.75. The van der Waals surface area contributed by atoms with E-state index in [1.807, 2.05) is 11.0 Å². The summed E-state index contributed by atoms with van der Waals surface area (Å²) in [4.78, 5) is 19.8. The van der Waals surface area contributed by atoms with Gasteiger partial charge in [0.2, 0.25) is 6.10 Å². The van der Waals surface area contributed by atoms with Crippen LogP contribution in [-0.2, 0) is 16.1 Å². The Bertz CT molecular complexity index is 900. The molecule has 3 rings (SSSR count). The topological polar surface area (TPSA) is 60.4 Å². The van der Waals surface area contributed by atoms with Crippen LogP contribution >= 0.6 is 0 Å². The molecule has 1 unspecified atom stereocenters. The zero-order valence-corrected chi connectivity index (χ0v) is 18.2. The van der Waals surface area contributed by atoms with E-state index in [1.165, 1.54) is 37.1 Å². The quantitative estimate of drug-likeness (QED) is 0.420. The van der Waals surface area contributed by atoms with Gasteiger partial charge in [0, 0.05) is 18.7 Å². The fraction of sp³-hybridized carbons (Fsp3) is 0.417. The number of amides is 1. The molecule has 6 nitrogen and oxygen atoms in total. The Morgan fingerprint density at radius 1 is 1.16 bits per heavy atom. The van der Waals surface area contributed by atoms with Crippen molar-refractivity contribution < 1.29 is 27.9 Å². The predicted molar refractivity (Wildman–Crippen MR) is 117 cm³/mol. The van der Waals surface area contributed by atoms with Gasteiger partial charge in [-0.15, -0.1) is 0 Å². The summed E-state index contributed by atoms with van der Waals surface area (Å²) >= 11 is 0. The Labute approximate surface area is 186 Å². The number of piperidine rings is 1. The molecule has 2 aromatic carbocycles. The number of alkyl halides is 2. The molecule has 1 saturated heterocycles. The third kappa shape index (κ3) is 6.67. The second kappa shape index (κ2) is 11.5. The standard InChI is InChI=1S/C24H28F2N2O4/c1-17(32-27-16-20-8-9-21(31-24(25)26)22(15-20)30-2)23(29)28-12-10-19(11-13-28)14-18-6-4-3-5-7-18/h3-9,15-17,19,24H,10-14H2,1-2H3. The number of hydrogen-bond donors (Lipinski definition) is 0. The van der Waals surface area contributed by atoms with Crippen LogP contribution in [0.5, 0.6) is 11.5 Å². The average molecular weight is 446 g/mol. The maximum absolute atomic E-state index is 12.7. The minimum Gasteiger partial charge on any atom is -0.493 e. The Balaban J connectivity index is 1.47. The lowest BCUT2D eigenvalue weighted by atomic mass is 9.90. The molecule has 1 fully saturated rings. The number of methoxy groups -OCH3 is 1. The van der Waals surface area contributed by atoms with Gasteiger partial charge in [-0.2, -0.15) is 8.78 Å². The van der Waals surface area contributed by atoms with Gasteiger partial charge in [0.25, 0.3) is 5.91 Å². The number of carbonyl (C=O) groups is 1. The van der Waals surface area contributed by atoms with Gasteiger partial charge in [0.1, 0.15) is 0 Å². The molecule has 0 aromatic heterocycles. The predicted octanol–water partition coefficient (Wildman–Crippen LogP) is 4.52. The average Bonchev–Trinajstić information content (AvgIpc) is 2.80. The lowest BCUT2D eigenvalue weighted by Crippen LogP contribution is -2.43. The first kappa shape index (κ1) is 23.5. The number of benzene rings is 2. The molecule has 1 atom stereocenters. The van der Waals surface area contributed by atoms with Gasteiger partial charge in [0.05, 0.1) is 13.3 Å². The van der Waals surface area contributed by atoms with Crippen LogP contribution in [0.3, 0.4) is 0 Å². The van der Waals surface area contributed by atoms with Crippen LogP contribution in [0.1, 0.15) is 30.9 Å². The molecular formula is C24H28F2N2O4. The number of ether oxygens (including phenoxy) is 2. The van der Waals surface area contributed by atoms with E-state index in [4.69, 9.17) is 9.57 Å². The summed E-state index contributed by atoms with van der Waals surface area (Å²) in [6, 6.07) is 14.8. The maximum atomic E-state index is 12.7. The first-order valence-corrected chi connectivity index (χ1v) is 10.6. The van der Waals surface area contributed by atoms with Crippen molar-refractivity contribution in [1.82, 2.24) is 4.90 Å². The SMILES string of the molecule is COc1cc(C=NOC(C)C(=O)N2CCC(Cc3ccccc3)CC2)ccc1OC(F)F. The third-order valence-corrected chi connectivity index (χ3v) is 5.47. The van der Waals surface area contributed by atoms with Gasteiger partial charge in [0.15, 0.2) is 11.5 Å². The summed E-state index contributed by atoms with van der Waals surface area (Å²) in [5.74, 6) is 0.554. The van der Waals surface area contributed by atoms with Crippen molar-refractivity contribution in [3.8, 4) is 11.5 Å². The fourth-order valence-corrected chi connectivity index (χ4v) is 3.75. The second-order valence-electron chi connectivity index (χ2n) is 7.73. The molecule has 172 valence electrons. The number of nitrogens with zero attached hydrogens (tertiary/aromatic N) is 2. The molecule has 32 heavy (non-hydrogen) atoms. The molecule has 1 heterocycles. The first-order valence-electron chi connectivity index (χ1n) is 10.6. The summed E-state index contributed by atoms with van der Waals surface area (Å²) in [5.41, 5.74) is 1.89. The maximum Gasteiger partial charge on any atom is 0.387 e. The lowest BCUT2D eigenvalue weighted by Gasteiger charge is -2.33. The van der Waals surface area contributed by atoms with Gasteiger partial charge in [-0.05, 0) is 55.9 Å². The van der Waals surface area contributed by atoms with E-state index >= 15 is 0 Å². The van der Waals surface area contributed by atoms with Crippen molar-refractivity contribution in [2.45, 2.75) is 38.9 Å². The van der Waals surface area contributed by atoms with Crippen molar-refractivity contribution in [1.29, 1.82) is 0 Å². The Hall–Kier alpha value is -3.16. The van der Waals surface area contributed by atoms with Gasteiger partial charge in [-0.3, -0.25) is 4.79 Å². The highest BCUT2D eigenvalue weighted by molar-refractivity contribution is 5.82. The Morgan fingerprint density at radius 3 is 2.53 bits per heavy atom. The molecule has 1 aliphatic rings. The van der Waals surface area contributed by atoms with Gasteiger partial charge >= 0.3 is 6.61 Å². The van der Waals surface area contributed by atoms with Crippen LogP contribution in [0.15, 0.2) is 53.7 Å². The van der Waals surface area contributed by atoms with E-state index in [9.17, 15) is 13.6 Å². The molecule has 0 N–H and O–H groups in total. The van der Waals surface area contributed by atoms with Crippen LogP contribution < -0.4 is 9.47 Å². The van der Waals surface area contributed by atoms with Crippen molar-refractivity contribution in [2.24, 2.45) is 11.1 Å². The van der Waals surface area contributed by atoms with Crippen LogP contribution in [0.4, 0.5) is 8.78 Å². The zero-order chi connectivity index (χ0) is 22.9. The van der Waals surface area contributed by atoms with Gasteiger partial charge in [-0.1, -0.05) is 35.5 Å². The monoisotopic (exact) mass is 446 g/mol. The number of rotatable bonds is 9. The molecule has 0 radical (unpaired) electrons. The molecule has 1 amide bonds. The van der Waals surface area contributed by atoms with Crippen molar-refractivity contribution >= 4 is 12.1 Å². The highest BCUT2D eigenvalue weighted by atomic mass is 19.3. The van der Waals surface area contributed by atoms with Crippen LogP contribution in [0.25, 0.3) is 0 Å². The van der Waals surface area contributed by atoms with Crippen molar-refractivity contribution in [2.75, 3.05) is 20.2 Å². The minimum absolute atomic E-state index is 0.0696. The summed E-state index contributed by atoms with van der Waals surface area (Å²) in [5, 5.41) is 3.88. The van der Waals surface area contributed by atoms with E-state index in [2.05, 4.69) is 34.2 Å². The van der Waals surface area contributed by atoms with E-state index < -0.39 is 12.7 Å². The summed E-state index contributed by atoms with van der Waals surface area (Å²) in [6.45, 7) is 0.130. The van der Waals surface area contributed by atoms with Gasteiger partial charge in [-0.25, -0.2) is 0 Å². The number of oxime groups is 1. The van der Waals surface area contributed by atoms with E-state index in [0.717, 1.165) is 19.3 Å². The number of halogens is 2. The van der Waals surface area contributed by atoms with E-state index in [-0.39, 0.29) is 17.4 Å². The normalized spacial score (nSPS) is 15.7. The van der Waals surface area contributed by atoms with Gasteiger partial charge < -0.3 is 19.2 Å². The van der Waals surface area contributed by atoms with Crippen LogP contribution in [-0.4, -0.2) is 49.9 Å². The third-order valence-electron chi connectivity index (χ3n) is 5.47.